The van der Waals surface area contributed by atoms with Gasteiger partial charge in [-0.2, -0.15) is 0 Å². The summed E-state index contributed by atoms with van der Waals surface area (Å²) in [7, 11) is -3.35. The highest BCUT2D eigenvalue weighted by molar-refractivity contribution is 7.90. The molecule has 1 atom stereocenters. The molecular formula is C19H20N2O4S. The summed E-state index contributed by atoms with van der Waals surface area (Å²) in [5, 5.41) is 9.32. The fourth-order valence-electron chi connectivity index (χ4n) is 3.45. The van der Waals surface area contributed by atoms with E-state index in [2.05, 4.69) is 9.30 Å². The summed E-state index contributed by atoms with van der Waals surface area (Å²) in [5.74, 6) is 2.30. The first kappa shape index (κ1) is 16.9. The fraction of sp³-hybridized carbons (Fsp3) is 0.316. The number of piperidine rings is 1. The van der Waals surface area contributed by atoms with Crippen molar-refractivity contribution in [1.29, 1.82) is 0 Å². The molecule has 0 aromatic heterocycles. The summed E-state index contributed by atoms with van der Waals surface area (Å²) in [6.07, 6.45) is 1.92. The first-order chi connectivity index (χ1) is 12.5. The van der Waals surface area contributed by atoms with Gasteiger partial charge in [-0.05, 0) is 54.8 Å². The Morgan fingerprint density at radius 3 is 2.35 bits per heavy atom. The number of nitrogens with zero attached hydrogens (tertiary/aromatic N) is 2. The van der Waals surface area contributed by atoms with E-state index in [-0.39, 0.29) is 17.4 Å². The highest BCUT2D eigenvalue weighted by atomic mass is 32.2. The van der Waals surface area contributed by atoms with Crippen molar-refractivity contribution in [3.8, 4) is 17.2 Å². The minimum atomic E-state index is -3.35. The van der Waals surface area contributed by atoms with Gasteiger partial charge in [0.05, 0.1) is 5.75 Å². The van der Waals surface area contributed by atoms with Crippen LogP contribution in [0.2, 0.25) is 0 Å². The molecule has 6 nitrogen and oxygen atoms in total. The molecule has 7 heteroatoms. The van der Waals surface area contributed by atoms with Crippen LogP contribution in [0.5, 0.6) is 17.2 Å². The number of rotatable bonds is 3. The number of phenols is 1. The van der Waals surface area contributed by atoms with E-state index in [0.717, 1.165) is 24.9 Å². The molecule has 2 aliphatic heterocycles. The second kappa shape index (κ2) is 6.64. The van der Waals surface area contributed by atoms with E-state index >= 15 is 0 Å². The Morgan fingerprint density at radius 2 is 1.65 bits per heavy atom. The van der Waals surface area contributed by atoms with Crippen LogP contribution in [0.15, 0.2) is 52.9 Å². The lowest BCUT2D eigenvalue weighted by atomic mass is 9.89. The van der Waals surface area contributed by atoms with Crippen molar-refractivity contribution in [2.45, 2.75) is 18.8 Å². The number of benzene rings is 2. The third-order valence-electron chi connectivity index (χ3n) is 4.76. The number of fused-ring (bicyclic) bond motifs is 1. The zero-order valence-electron chi connectivity index (χ0n) is 14.2. The van der Waals surface area contributed by atoms with Crippen molar-refractivity contribution in [2.75, 3.05) is 18.8 Å². The molecular weight excluding hydrogens is 352 g/mol. The summed E-state index contributed by atoms with van der Waals surface area (Å²) < 4.78 is 33.6. The molecule has 2 aromatic carbocycles. The zero-order valence-corrected chi connectivity index (χ0v) is 15.0. The van der Waals surface area contributed by atoms with Crippen LogP contribution < -0.4 is 4.74 Å². The van der Waals surface area contributed by atoms with E-state index < -0.39 is 10.0 Å². The molecule has 4 rings (SSSR count). The smallest absolute Gasteiger partial charge is 0.256 e. The highest BCUT2D eigenvalue weighted by Gasteiger charge is 2.33. The van der Waals surface area contributed by atoms with Crippen LogP contribution in [0, 0.1) is 0 Å². The maximum atomic E-state index is 11.9. The Morgan fingerprint density at radius 1 is 1.00 bits per heavy atom. The highest BCUT2D eigenvalue weighted by Crippen LogP contribution is 2.33. The van der Waals surface area contributed by atoms with Gasteiger partial charge in [-0.15, -0.1) is 4.40 Å². The van der Waals surface area contributed by atoms with E-state index in [0.29, 0.717) is 23.9 Å². The maximum Gasteiger partial charge on any atom is 0.256 e. The van der Waals surface area contributed by atoms with Gasteiger partial charge in [0.2, 0.25) is 0 Å². The van der Waals surface area contributed by atoms with Crippen LogP contribution in [-0.4, -0.2) is 43.1 Å². The maximum absolute atomic E-state index is 11.9. The Kier molecular flexibility index (Phi) is 4.32. The molecule has 0 radical (unpaired) electrons. The first-order valence-electron chi connectivity index (χ1n) is 8.64. The third kappa shape index (κ3) is 3.53. The lowest BCUT2D eigenvalue weighted by Crippen LogP contribution is -2.46. The average Bonchev–Trinajstić information content (AvgIpc) is 2.63. The molecule has 2 heterocycles. The predicted octanol–water partition coefficient (Wildman–Crippen LogP) is 3.11. The molecule has 0 spiro atoms. The topological polar surface area (TPSA) is 79.2 Å². The van der Waals surface area contributed by atoms with Crippen LogP contribution >= 0.6 is 0 Å². The van der Waals surface area contributed by atoms with E-state index in [4.69, 9.17) is 4.74 Å². The lowest BCUT2D eigenvalue weighted by molar-refractivity contribution is 0.366. The molecule has 0 saturated carbocycles. The first-order valence-corrected chi connectivity index (χ1v) is 10.3. The predicted molar refractivity (Wildman–Crippen MR) is 99.4 cm³/mol. The van der Waals surface area contributed by atoms with Crippen molar-refractivity contribution in [3.05, 3.63) is 54.1 Å². The quantitative estimate of drug-likeness (QED) is 0.896. The van der Waals surface area contributed by atoms with Gasteiger partial charge in [0.15, 0.2) is 0 Å². The summed E-state index contributed by atoms with van der Waals surface area (Å²) in [6.45, 7) is 1.40. The van der Waals surface area contributed by atoms with E-state index in [1.54, 1.807) is 24.3 Å². The normalized spacial score (nSPS) is 21.6. The number of amidine groups is 1. The van der Waals surface area contributed by atoms with Gasteiger partial charge >= 0.3 is 0 Å². The van der Waals surface area contributed by atoms with Crippen molar-refractivity contribution in [1.82, 2.24) is 4.90 Å². The third-order valence-corrected chi connectivity index (χ3v) is 5.93. The van der Waals surface area contributed by atoms with Gasteiger partial charge in [0.25, 0.3) is 10.0 Å². The van der Waals surface area contributed by atoms with Gasteiger partial charge < -0.3 is 14.7 Å². The van der Waals surface area contributed by atoms with E-state index in [1.165, 1.54) is 0 Å². The number of ether oxygens (including phenoxy) is 1. The van der Waals surface area contributed by atoms with Gasteiger partial charge in [0.1, 0.15) is 23.1 Å². The summed E-state index contributed by atoms with van der Waals surface area (Å²) >= 11 is 0. The second-order valence-electron chi connectivity index (χ2n) is 6.58. The second-order valence-corrected chi connectivity index (χ2v) is 8.34. The standard InChI is InChI=1S/C19H20N2O4S/c22-15-5-9-17(10-6-15)25-16-7-3-14(4-8-16)18-2-1-11-21-12-13-26(23,24)20-19(18)21/h3-10,18,22H,1-2,11-13H2. The van der Waals surface area contributed by atoms with Crippen LogP contribution in [0.1, 0.15) is 24.3 Å². The number of sulfonamides is 1. The molecule has 1 saturated heterocycles. The van der Waals surface area contributed by atoms with Crippen LogP contribution in [-0.2, 0) is 10.0 Å². The fourth-order valence-corrected chi connectivity index (χ4v) is 4.52. The molecule has 1 unspecified atom stereocenters. The molecule has 0 amide bonds. The van der Waals surface area contributed by atoms with Crippen molar-refractivity contribution in [3.63, 3.8) is 0 Å². The Hall–Kier alpha value is -2.54. The largest absolute Gasteiger partial charge is 0.508 e. The van der Waals surface area contributed by atoms with Gasteiger partial charge in [-0.25, -0.2) is 8.42 Å². The van der Waals surface area contributed by atoms with E-state index in [9.17, 15) is 13.5 Å². The van der Waals surface area contributed by atoms with Gasteiger partial charge in [-0.3, -0.25) is 0 Å². The summed E-state index contributed by atoms with van der Waals surface area (Å²) in [5.41, 5.74) is 1.05. The van der Waals surface area contributed by atoms with Crippen molar-refractivity contribution < 1.29 is 18.3 Å². The van der Waals surface area contributed by atoms with Crippen LogP contribution in [0.3, 0.4) is 0 Å². The number of aromatic hydroxyl groups is 1. The number of hydrogen-bond donors (Lipinski definition) is 1. The minimum absolute atomic E-state index is 0.00143. The van der Waals surface area contributed by atoms with Gasteiger partial charge in [0, 0.05) is 19.0 Å². The molecule has 1 N–H and O–H groups in total. The SMILES string of the molecule is O=S1(=O)CCN2CCCC(c3ccc(Oc4ccc(O)cc4)cc3)C2=N1. The minimum Gasteiger partial charge on any atom is -0.508 e. The van der Waals surface area contributed by atoms with E-state index in [1.807, 2.05) is 24.3 Å². The molecule has 2 aromatic rings. The average molecular weight is 372 g/mol. The number of hydrogen-bond acceptors (Lipinski definition) is 5. The number of phenolic OH excluding ortho intramolecular Hbond substituents is 1. The molecule has 136 valence electrons. The van der Waals surface area contributed by atoms with Gasteiger partial charge in [-0.1, -0.05) is 12.1 Å². The van der Waals surface area contributed by atoms with Crippen molar-refractivity contribution >= 4 is 15.9 Å². The molecule has 1 fully saturated rings. The Balaban J connectivity index is 1.56. The molecule has 2 aliphatic rings. The molecule has 0 aliphatic carbocycles. The molecule has 0 bridgehead atoms. The summed E-state index contributed by atoms with van der Waals surface area (Å²) in [4.78, 5) is 2.09. The zero-order chi connectivity index (χ0) is 18.1. The van der Waals surface area contributed by atoms with Crippen LogP contribution in [0.4, 0.5) is 0 Å². The Bertz CT molecular complexity index is 921. The van der Waals surface area contributed by atoms with Crippen LogP contribution in [0.25, 0.3) is 0 Å². The molecule has 26 heavy (non-hydrogen) atoms. The lowest BCUT2D eigenvalue weighted by Gasteiger charge is -2.37. The van der Waals surface area contributed by atoms with Crippen molar-refractivity contribution in [2.24, 2.45) is 4.40 Å². The summed E-state index contributed by atoms with van der Waals surface area (Å²) in [6, 6.07) is 14.2. The monoisotopic (exact) mass is 372 g/mol. The Labute approximate surface area is 152 Å².